The van der Waals surface area contributed by atoms with Crippen LogP contribution in [0.15, 0.2) is 29.0 Å². The molecule has 0 aromatic carbocycles. The first-order chi connectivity index (χ1) is 12.9. The number of pyridine rings is 1. The number of amides is 1. The molecule has 2 aliphatic heterocycles. The third-order valence-electron chi connectivity index (χ3n) is 4.28. The molecular formula is C16H14F3N3O5. The first-order valence-electron chi connectivity index (χ1n) is 8.10. The molecule has 4 heterocycles. The van der Waals surface area contributed by atoms with E-state index in [4.69, 9.17) is 13.9 Å². The average Bonchev–Trinajstić information content (AvgIpc) is 3.20. The van der Waals surface area contributed by atoms with E-state index in [1.54, 1.807) is 4.90 Å². The van der Waals surface area contributed by atoms with Crippen LogP contribution in [0.2, 0.25) is 0 Å². The Labute approximate surface area is 150 Å². The Bertz CT molecular complexity index is 823. The number of halogens is 3. The Hall–Kier alpha value is -2.82. The van der Waals surface area contributed by atoms with Crippen LogP contribution in [0.3, 0.4) is 0 Å². The Morgan fingerprint density at radius 1 is 1.37 bits per heavy atom. The van der Waals surface area contributed by atoms with E-state index in [1.165, 1.54) is 12.3 Å². The van der Waals surface area contributed by atoms with Crippen molar-refractivity contribution in [2.75, 3.05) is 13.2 Å². The van der Waals surface area contributed by atoms with Crippen molar-refractivity contribution in [3.8, 4) is 11.6 Å². The molecule has 4 rings (SSSR count). The van der Waals surface area contributed by atoms with Crippen LogP contribution in [0.5, 0.6) is 11.6 Å². The Morgan fingerprint density at radius 2 is 2.22 bits per heavy atom. The molecule has 2 saturated heterocycles. The molecule has 2 unspecified atom stereocenters. The van der Waals surface area contributed by atoms with E-state index in [0.29, 0.717) is 13.2 Å². The molecule has 0 bridgehead atoms. The van der Waals surface area contributed by atoms with Crippen molar-refractivity contribution in [3.05, 3.63) is 36.2 Å². The number of rotatable bonds is 5. The third-order valence-corrected chi connectivity index (χ3v) is 4.28. The number of nitrogens with zero attached hydrogens (tertiary/aromatic N) is 3. The zero-order valence-electron chi connectivity index (χ0n) is 13.8. The summed E-state index contributed by atoms with van der Waals surface area (Å²) in [5.41, 5.74) is 0.172. The minimum absolute atomic E-state index is 0.0948. The number of oxazole rings is 1. The fourth-order valence-corrected chi connectivity index (χ4v) is 2.99. The monoisotopic (exact) mass is 385 g/mol. The summed E-state index contributed by atoms with van der Waals surface area (Å²) in [4.78, 5) is 21.7. The van der Waals surface area contributed by atoms with Crippen molar-refractivity contribution in [1.29, 1.82) is 0 Å². The summed E-state index contributed by atoms with van der Waals surface area (Å²) in [6.07, 6.45) is -1.55. The second kappa shape index (κ2) is 6.72. The highest BCUT2D eigenvalue weighted by atomic mass is 19.4. The predicted octanol–water partition coefficient (Wildman–Crippen LogP) is 2.16. The van der Waals surface area contributed by atoms with Gasteiger partial charge in [-0.05, 0) is 12.5 Å². The molecule has 2 aromatic heterocycles. The topological polar surface area (TPSA) is 86.9 Å². The van der Waals surface area contributed by atoms with Gasteiger partial charge in [0.2, 0.25) is 11.8 Å². The number of carbonyl (C=O) groups is 1. The predicted molar refractivity (Wildman–Crippen MR) is 80.9 cm³/mol. The number of aromatic nitrogens is 2. The molecule has 2 atom stereocenters. The first-order valence-corrected chi connectivity index (χ1v) is 8.10. The maximum Gasteiger partial charge on any atom is 0.574 e. The summed E-state index contributed by atoms with van der Waals surface area (Å²) in [5.74, 6) is -0.465. The molecule has 11 heteroatoms. The minimum atomic E-state index is -4.81. The van der Waals surface area contributed by atoms with Crippen molar-refractivity contribution in [2.24, 2.45) is 0 Å². The van der Waals surface area contributed by atoms with Gasteiger partial charge < -0.3 is 23.5 Å². The Morgan fingerprint density at radius 3 is 2.93 bits per heavy atom. The summed E-state index contributed by atoms with van der Waals surface area (Å²) in [7, 11) is 0. The van der Waals surface area contributed by atoms with E-state index >= 15 is 0 Å². The first kappa shape index (κ1) is 17.6. The summed E-state index contributed by atoms with van der Waals surface area (Å²) < 4.78 is 55.9. The van der Waals surface area contributed by atoms with Crippen LogP contribution in [0.1, 0.15) is 22.8 Å². The van der Waals surface area contributed by atoms with Crippen LogP contribution >= 0.6 is 0 Å². The lowest BCUT2D eigenvalue weighted by Crippen LogP contribution is -2.59. The highest BCUT2D eigenvalue weighted by molar-refractivity contribution is 5.93. The van der Waals surface area contributed by atoms with Crippen LogP contribution in [0.25, 0.3) is 0 Å². The Balaban J connectivity index is 1.31. The Kier molecular flexibility index (Phi) is 4.38. The molecule has 2 fully saturated rings. The van der Waals surface area contributed by atoms with Crippen LogP contribution in [0.4, 0.5) is 13.2 Å². The lowest BCUT2D eigenvalue weighted by atomic mass is 9.98. The smallest absolute Gasteiger partial charge is 0.482 e. The second-order valence-corrected chi connectivity index (χ2v) is 6.02. The van der Waals surface area contributed by atoms with Gasteiger partial charge >= 0.3 is 6.36 Å². The highest BCUT2D eigenvalue weighted by Crippen LogP contribution is 2.31. The van der Waals surface area contributed by atoms with E-state index in [-0.39, 0.29) is 42.0 Å². The second-order valence-electron chi connectivity index (χ2n) is 6.02. The van der Waals surface area contributed by atoms with E-state index in [9.17, 15) is 18.0 Å². The van der Waals surface area contributed by atoms with Crippen molar-refractivity contribution in [1.82, 2.24) is 14.9 Å². The fraction of sp³-hybridized carbons (Fsp3) is 0.438. The zero-order chi connectivity index (χ0) is 19.0. The highest BCUT2D eigenvalue weighted by Gasteiger charge is 2.46. The van der Waals surface area contributed by atoms with Crippen LogP contribution in [-0.2, 0) is 11.3 Å². The number of alkyl halides is 3. The number of carbonyl (C=O) groups excluding carboxylic acids is 1. The number of hydrogen-bond donors (Lipinski definition) is 0. The SMILES string of the molecule is O=C(c1coc(COc2ccc(OC(F)(F)F)nc2)n1)N1CC2OCCC21. The van der Waals surface area contributed by atoms with Crippen molar-refractivity contribution < 1.29 is 36.6 Å². The molecular weight excluding hydrogens is 371 g/mol. The van der Waals surface area contributed by atoms with Gasteiger partial charge in [-0.15, -0.1) is 13.2 Å². The molecule has 0 radical (unpaired) electrons. The summed E-state index contributed by atoms with van der Waals surface area (Å²) in [6, 6.07) is 2.39. The molecule has 0 aliphatic carbocycles. The molecule has 27 heavy (non-hydrogen) atoms. The lowest BCUT2D eigenvalue weighted by Gasteiger charge is -2.42. The molecule has 0 N–H and O–H groups in total. The number of ether oxygens (including phenoxy) is 3. The minimum Gasteiger partial charge on any atom is -0.482 e. The number of fused-ring (bicyclic) bond motifs is 1. The van der Waals surface area contributed by atoms with Crippen molar-refractivity contribution in [3.63, 3.8) is 0 Å². The lowest BCUT2D eigenvalue weighted by molar-refractivity contribution is -0.276. The van der Waals surface area contributed by atoms with E-state index in [0.717, 1.165) is 18.7 Å². The summed E-state index contributed by atoms with van der Waals surface area (Å²) >= 11 is 0. The van der Waals surface area contributed by atoms with Crippen LogP contribution in [-0.4, -0.2) is 52.4 Å². The van der Waals surface area contributed by atoms with Gasteiger partial charge in [-0.2, -0.15) is 0 Å². The quantitative estimate of drug-likeness (QED) is 0.780. The molecule has 1 amide bonds. The standard InChI is InChI=1S/C16H14F3N3O5/c17-16(18,19)27-13-2-1-9(5-20-13)25-8-14-21-10(7-26-14)15(23)22-6-12-11(22)3-4-24-12/h1-2,5,7,11-12H,3-4,6,8H2. The molecule has 2 aromatic rings. The van der Waals surface area contributed by atoms with Gasteiger partial charge in [0.15, 0.2) is 12.3 Å². The van der Waals surface area contributed by atoms with Gasteiger partial charge in [0, 0.05) is 19.2 Å². The average molecular weight is 385 g/mol. The van der Waals surface area contributed by atoms with Gasteiger partial charge in [-0.3, -0.25) is 4.79 Å². The summed E-state index contributed by atoms with van der Waals surface area (Å²) in [5, 5.41) is 0. The molecule has 144 valence electrons. The molecule has 0 saturated carbocycles. The van der Waals surface area contributed by atoms with E-state index < -0.39 is 12.2 Å². The van der Waals surface area contributed by atoms with E-state index in [1.807, 2.05) is 0 Å². The zero-order valence-corrected chi connectivity index (χ0v) is 13.8. The van der Waals surface area contributed by atoms with E-state index in [2.05, 4.69) is 14.7 Å². The fourth-order valence-electron chi connectivity index (χ4n) is 2.99. The van der Waals surface area contributed by atoms with Crippen molar-refractivity contribution in [2.45, 2.75) is 31.5 Å². The summed E-state index contributed by atoms with van der Waals surface area (Å²) in [6.45, 7) is 1.08. The van der Waals surface area contributed by atoms with Gasteiger partial charge in [0.1, 0.15) is 12.0 Å². The molecule has 8 nitrogen and oxygen atoms in total. The number of hydrogen-bond acceptors (Lipinski definition) is 7. The maximum absolute atomic E-state index is 12.4. The maximum atomic E-state index is 12.4. The van der Waals surface area contributed by atoms with Crippen LogP contribution in [0, 0.1) is 0 Å². The third kappa shape index (κ3) is 3.82. The van der Waals surface area contributed by atoms with Gasteiger partial charge in [0.25, 0.3) is 5.91 Å². The largest absolute Gasteiger partial charge is 0.574 e. The number of likely N-dealkylation sites (tertiary alicyclic amines) is 1. The van der Waals surface area contributed by atoms with Gasteiger partial charge in [-0.1, -0.05) is 0 Å². The van der Waals surface area contributed by atoms with Gasteiger partial charge in [0.05, 0.1) is 18.3 Å². The normalized spacial score (nSPS) is 21.5. The van der Waals surface area contributed by atoms with Crippen molar-refractivity contribution >= 4 is 5.91 Å². The van der Waals surface area contributed by atoms with Gasteiger partial charge in [-0.25, -0.2) is 9.97 Å². The molecule has 2 aliphatic rings. The molecule has 0 spiro atoms. The van der Waals surface area contributed by atoms with Crippen LogP contribution < -0.4 is 9.47 Å².